The molecule has 1 aliphatic carbocycles. The molecule has 1 aromatic carbocycles. The number of ether oxygens (including phenoxy) is 1. The Kier molecular flexibility index (Phi) is 10.3. The molecule has 1 aliphatic rings. The fourth-order valence-corrected chi connectivity index (χ4v) is 6.67. The second-order valence-electron chi connectivity index (χ2n) is 9.82. The first-order valence-corrected chi connectivity index (χ1v) is 14.5. The Bertz CT molecular complexity index is 1080. The largest absolute Gasteiger partial charge is 0.447 e. The van der Waals surface area contributed by atoms with Crippen LogP contribution in [0.15, 0.2) is 29.3 Å². The molecule has 1 heterocycles. The first-order valence-electron chi connectivity index (χ1n) is 12.2. The van der Waals surface area contributed by atoms with E-state index in [-0.39, 0.29) is 17.0 Å². The number of hydrogen-bond donors (Lipinski definition) is 3. The van der Waals surface area contributed by atoms with Gasteiger partial charge in [-0.1, -0.05) is 19.9 Å². The smallest absolute Gasteiger partial charge is 0.411 e. The summed E-state index contributed by atoms with van der Waals surface area (Å²) in [4.78, 5) is 17.5. The van der Waals surface area contributed by atoms with E-state index in [0.717, 1.165) is 35.6 Å². The maximum absolute atomic E-state index is 13.3. The second-order valence-corrected chi connectivity index (χ2v) is 12.5. The number of carbonyl (C=O) groups is 1. The molecule has 1 amide bonds. The molecule has 3 rings (SSSR count). The number of anilines is 1. The van der Waals surface area contributed by atoms with Crippen molar-refractivity contribution in [3.8, 4) is 10.4 Å². The van der Waals surface area contributed by atoms with Crippen molar-refractivity contribution in [3.05, 3.63) is 29.4 Å². The van der Waals surface area contributed by atoms with Crippen molar-refractivity contribution in [2.24, 2.45) is 5.73 Å². The van der Waals surface area contributed by atoms with E-state index in [0.29, 0.717) is 17.2 Å². The summed E-state index contributed by atoms with van der Waals surface area (Å²) in [5, 5.41) is 3.62. The zero-order chi connectivity index (χ0) is 26.4. The average Bonchev–Trinajstić information content (AvgIpc) is 3.23. The lowest BCUT2D eigenvalue weighted by molar-refractivity contribution is 0.130. The predicted octanol–water partition coefficient (Wildman–Crippen LogP) is 5.85. The van der Waals surface area contributed by atoms with Crippen LogP contribution in [0.1, 0.15) is 85.1 Å². The van der Waals surface area contributed by atoms with Gasteiger partial charge in [-0.2, -0.15) is 0 Å². The highest BCUT2D eigenvalue weighted by Gasteiger charge is 2.28. The van der Waals surface area contributed by atoms with Crippen LogP contribution in [-0.2, 0) is 14.8 Å². The van der Waals surface area contributed by atoms with Crippen molar-refractivity contribution in [2.45, 2.75) is 103 Å². The van der Waals surface area contributed by atoms with Gasteiger partial charge in [-0.3, -0.25) is 5.32 Å². The van der Waals surface area contributed by atoms with Crippen LogP contribution in [0, 0.1) is 0 Å². The summed E-state index contributed by atoms with van der Waals surface area (Å²) in [6.07, 6.45) is 4.74. The Morgan fingerprint density at radius 3 is 2.37 bits per heavy atom. The van der Waals surface area contributed by atoms with Crippen molar-refractivity contribution in [1.29, 1.82) is 0 Å². The van der Waals surface area contributed by atoms with E-state index in [9.17, 15) is 13.2 Å². The molecule has 0 aliphatic heterocycles. The molecular formula is C25H40N4O4S2. The van der Waals surface area contributed by atoms with E-state index in [2.05, 4.69) is 15.0 Å². The summed E-state index contributed by atoms with van der Waals surface area (Å²) in [5.41, 5.74) is 6.25. The number of benzene rings is 1. The molecule has 2 aromatic rings. The maximum atomic E-state index is 13.3. The van der Waals surface area contributed by atoms with Gasteiger partial charge in [0.25, 0.3) is 0 Å². The SMILES string of the molecule is CC.CC(C)OC(=O)Nc1ccc(-c2cnc(C3CCC(N)CC3)s2)c(S(=O)(=O)NC(C)(C)C)c1. The summed E-state index contributed by atoms with van der Waals surface area (Å²) in [6, 6.07) is 5.09. The van der Waals surface area contributed by atoms with E-state index in [1.807, 2.05) is 13.8 Å². The van der Waals surface area contributed by atoms with E-state index in [1.54, 1.807) is 52.9 Å². The summed E-state index contributed by atoms with van der Waals surface area (Å²) >= 11 is 1.51. The lowest BCUT2D eigenvalue weighted by atomic mass is 9.87. The number of nitrogens with one attached hydrogen (secondary N) is 2. The number of nitrogens with zero attached hydrogens (tertiary/aromatic N) is 1. The molecular weight excluding hydrogens is 484 g/mol. The van der Waals surface area contributed by atoms with Gasteiger partial charge in [0, 0.05) is 34.9 Å². The molecule has 1 saturated carbocycles. The van der Waals surface area contributed by atoms with Gasteiger partial charge in [0.05, 0.1) is 20.9 Å². The quantitative estimate of drug-likeness (QED) is 0.435. The number of aromatic nitrogens is 1. The van der Waals surface area contributed by atoms with Gasteiger partial charge < -0.3 is 10.5 Å². The van der Waals surface area contributed by atoms with Crippen LogP contribution >= 0.6 is 11.3 Å². The van der Waals surface area contributed by atoms with Crippen molar-refractivity contribution in [1.82, 2.24) is 9.71 Å². The van der Waals surface area contributed by atoms with E-state index in [4.69, 9.17) is 10.5 Å². The minimum atomic E-state index is -3.88. The molecule has 10 heteroatoms. The zero-order valence-electron chi connectivity index (χ0n) is 21.8. The summed E-state index contributed by atoms with van der Waals surface area (Å²) in [7, 11) is -3.88. The molecule has 1 fully saturated rings. The lowest BCUT2D eigenvalue weighted by Gasteiger charge is -2.24. The summed E-state index contributed by atoms with van der Waals surface area (Å²) in [6.45, 7) is 12.8. The highest BCUT2D eigenvalue weighted by atomic mass is 32.2. The van der Waals surface area contributed by atoms with Crippen LogP contribution < -0.4 is 15.8 Å². The molecule has 196 valence electrons. The number of hydrogen-bond acceptors (Lipinski definition) is 7. The Labute approximate surface area is 214 Å². The van der Waals surface area contributed by atoms with Crippen molar-refractivity contribution in [2.75, 3.05) is 5.32 Å². The third-order valence-corrected chi connectivity index (χ3v) is 8.20. The van der Waals surface area contributed by atoms with Gasteiger partial charge in [-0.05, 0) is 72.4 Å². The number of carbonyl (C=O) groups excluding carboxylic acids is 1. The Balaban J connectivity index is 0.00000210. The number of nitrogens with two attached hydrogens (primary N) is 1. The van der Waals surface area contributed by atoms with E-state index >= 15 is 0 Å². The van der Waals surface area contributed by atoms with Crippen molar-refractivity contribution in [3.63, 3.8) is 0 Å². The van der Waals surface area contributed by atoms with E-state index < -0.39 is 21.7 Å². The van der Waals surface area contributed by atoms with Crippen LogP contribution in [0.2, 0.25) is 0 Å². The molecule has 0 radical (unpaired) electrons. The van der Waals surface area contributed by atoms with Gasteiger partial charge in [-0.15, -0.1) is 11.3 Å². The molecule has 0 spiro atoms. The summed E-state index contributed by atoms with van der Waals surface area (Å²) < 4.78 is 34.5. The fourth-order valence-electron chi connectivity index (χ4n) is 3.81. The number of sulfonamides is 1. The van der Waals surface area contributed by atoms with Gasteiger partial charge in [0.1, 0.15) is 0 Å². The normalized spacial score (nSPS) is 18.5. The molecule has 1 aromatic heterocycles. The Hall–Kier alpha value is -2.01. The van der Waals surface area contributed by atoms with Crippen LogP contribution in [0.4, 0.5) is 10.5 Å². The Morgan fingerprint density at radius 1 is 1.17 bits per heavy atom. The maximum Gasteiger partial charge on any atom is 0.411 e. The Morgan fingerprint density at radius 2 is 1.80 bits per heavy atom. The van der Waals surface area contributed by atoms with Crippen molar-refractivity contribution >= 4 is 33.1 Å². The van der Waals surface area contributed by atoms with Crippen LogP contribution in [0.5, 0.6) is 0 Å². The van der Waals surface area contributed by atoms with Gasteiger partial charge in [0.2, 0.25) is 10.0 Å². The standard InChI is InChI=1S/C23H34N4O4S2.C2H6/c1-14(2)31-22(28)26-17-10-11-18(20(12-17)33(29,30)27-23(3,4)5)19-13-25-21(32-19)15-6-8-16(24)9-7-15;1-2/h10-16,27H,6-9,24H2,1-5H3,(H,26,28);1-2H3. The topological polar surface area (TPSA) is 123 Å². The highest BCUT2D eigenvalue weighted by Crippen LogP contribution is 2.39. The van der Waals surface area contributed by atoms with Gasteiger partial charge in [0.15, 0.2) is 0 Å². The van der Waals surface area contributed by atoms with Gasteiger partial charge >= 0.3 is 6.09 Å². The first kappa shape index (κ1) is 29.2. The third-order valence-electron chi connectivity index (χ3n) is 5.21. The fraction of sp³-hybridized carbons (Fsp3) is 0.600. The van der Waals surface area contributed by atoms with Crippen LogP contribution in [-0.4, -0.2) is 37.2 Å². The zero-order valence-corrected chi connectivity index (χ0v) is 23.5. The first-order chi connectivity index (χ1) is 16.3. The highest BCUT2D eigenvalue weighted by molar-refractivity contribution is 7.89. The number of rotatable bonds is 6. The van der Waals surface area contributed by atoms with Crippen LogP contribution in [0.25, 0.3) is 10.4 Å². The van der Waals surface area contributed by atoms with Crippen molar-refractivity contribution < 1.29 is 17.9 Å². The van der Waals surface area contributed by atoms with Gasteiger partial charge in [-0.25, -0.2) is 22.9 Å². The molecule has 0 atom stereocenters. The predicted molar refractivity (Wildman–Crippen MR) is 143 cm³/mol. The molecule has 0 bridgehead atoms. The minimum absolute atomic E-state index is 0.0839. The average molecular weight is 525 g/mol. The lowest BCUT2D eigenvalue weighted by Crippen LogP contribution is -2.40. The molecule has 0 saturated heterocycles. The molecule has 35 heavy (non-hydrogen) atoms. The third kappa shape index (κ3) is 8.56. The van der Waals surface area contributed by atoms with Crippen LogP contribution in [0.3, 0.4) is 0 Å². The summed E-state index contributed by atoms with van der Waals surface area (Å²) in [5.74, 6) is 0.350. The number of thiazole rings is 1. The second kappa shape index (κ2) is 12.3. The molecule has 0 unspecified atom stereocenters. The monoisotopic (exact) mass is 524 g/mol. The molecule has 4 N–H and O–H groups in total. The number of amides is 1. The molecule has 8 nitrogen and oxygen atoms in total. The minimum Gasteiger partial charge on any atom is -0.447 e. The van der Waals surface area contributed by atoms with E-state index in [1.165, 1.54) is 17.4 Å².